The number of carbonyl (C=O) groups is 1. The first kappa shape index (κ1) is 12.3. The van der Waals surface area contributed by atoms with Crippen LogP contribution in [-0.4, -0.2) is 17.7 Å². The third-order valence-electron chi connectivity index (χ3n) is 2.15. The molecule has 0 bridgehead atoms. The Morgan fingerprint density at radius 1 is 1.31 bits per heavy atom. The highest BCUT2D eigenvalue weighted by Crippen LogP contribution is 2.15. The van der Waals surface area contributed by atoms with Crippen molar-refractivity contribution >= 4 is 12.0 Å². The molecular weight excluding hydrogens is 204 g/mol. The number of benzene rings is 1. The zero-order valence-electron chi connectivity index (χ0n) is 9.56. The van der Waals surface area contributed by atoms with E-state index in [4.69, 9.17) is 9.84 Å². The molecule has 1 rings (SSSR count). The smallest absolute Gasteiger partial charge is 0.333 e. The highest BCUT2D eigenvalue weighted by Gasteiger charge is 2.07. The van der Waals surface area contributed by atoms with Crippen LogP contribution < -0.4 is 0 Å². The number of rotatable bonds is 4. The summed E-state index contributed by atoms with van der Waals surface area (Å²) in [5.74, 6) is -0.0654. The fourth-order valence-corrected chi connectivity index (χ4v) is 1.30. The van der Waals surface area contributed by atoms with E-state index >= 15 is 0 Å². The predicted octanol–water partition coefficient (Wildman–Crippen LogP) is 2.75. The topological polar surface area (TPSA) is 46.5 Å². The molecule has 0 unspecified atom stereocenters. The average Bonchev–Trinajstić information content (AvgIpc) is 2.28. The van der Waals surface area contributed by atoms with Crippen LogP contribution in [0.15, 0.2) is 29.8 Å². The number of carbonyl (C=O) groups excluding carboxylic acids is 1. The van der Waals surface area contributed by atoms with E-state index in [9.17, 15) is 4.79 Å². The Balaban J connectivity index is 2.87. The normalized spacial score (nSPS) is 11.2. The second-order valence-corrected chi connectivity index (χ2v) is 3.34. The van der Waals surface area contributed by atoms with Gasteiger partial charge in [0.25, 0.3) is 0 Å². The van der Waals surface area contributed by atoms with Gasteiger partial charge in [-0.25, -0.2) is 4.79 Å². The Bertz CT molecular complexity index is 377. The van der Waals surface area contributed by atoms with Gasteiger partial charge in [0.05, 0.1) is 6.61 Å². The molecule has 0 heterocycles. The molecule has 0 atom stereocenters. The van der Waals surface area contributed by atoms with Gasteiger partial charge >= 0.3 is 5.97 Å². The molecule has 0 amide bonds. The molecule has 1 aromatic carbocycles. The van der Waals surface area contributed by atoms with Crippen LogP contribution in [0.2, 0.25) is 0 Å². The molecule has 0 aliphatic carbocycles. The van der Waals surface area contributed by atoms with Gasteiger partial charge in [-0.1, -0.05) is 19.1 Å². The molecule has 86 valence electrons. The third-order valence-corrected chi connectivity index (χ3v) is 2.15. The van der Waals surface area contributed by atoms with Crippen molar-refractivity contribution in [1.82, 2.24) is 0 Å². The lowest BCUT2D eigenvalue weighted by Crippen LogP contribution is -2.06. The van der Waals surface area contributed by atoms with Crippen LogP contribution in [0.25, 0.3) is 6.08 Å². The zero-order valence-corrected chi connectivity index (χ0v) is 9.56. The Labute approximate surface area is 95.4 Å². The average molecular weight is 220 g/mol. The van der Waals surface area contributed by atoms with E-state index in [0.29, 0.717) is 18.6 Å². The number of ether oxygens (including phenoxy) is 1. The number of esters is 1. The second kappa shape index (κ2) is 5.95. The number of aromatic hydroxyl groups is 1. The summed E-state index contributed by atoms with van der Waals surface area (Å²) in [7, 11) is 0. The molecule has 3 heteroatoms. The summed E-state index contributed by atoms with van der Waals surface area (Å²) < 4.78 is 4.93. The summed E-state index contributed by atoms with van der Waals surface area (Å²) in [6.45, 7) is 4.07. The summed E-state index contributed by atoms with van der Waals surface area (Å²) >= 11 is 0. The Morgan fingerprint density at radius 3 is 2.44 bits per heavy atom. The van der Waals surface area contributed by atoms with E-state index in [1.165, 1.54) is 0 Å². The molecule has 1 aromatic rings. The van der Waals surface area contributed by atoms with Crippen LogP contribution in [0, 0.1) is 0 Å². The van der Waals surface area contributed by atoms with Gasteiger partial charge in [0, 0.05) is 5.57 Å². The van der Waals surface area contributed by atoms with Crippen LogP contribution in [0.4, 0.5) is 0 Å². The van der Waals surface area contributed by atoms with Crippen molar-refractivity contribution < 1.29 is 14.6 Å². The van der Waals surface area contributed by atoms with Crippen molar-refractivity contribution in [2.75, 3.05) is 6.61 Å². The fraction of sp³-hybridized carbons (Fsp3) is 0.308. The minimum absolute atomic E-state index is 0.214. The maximum absolute atomic E-state index is 11.5. The van der Waals surface area contributed by atoms with Gasteiger partial charge in [-0.2, -0.15) is 0 Å². The van der Waals surface area contributed by atoms with Gasteiger partial charge in [0.1, 0.15) is 5.75 Å². The zero-order chi connectivity index (χ0) is 12.0. The molecule has 0 saturated carbocycles. The maximum Gasteiger partial charge on any atom is 0.333 e. The fourth-order valence-electron chi connectivity index (χ4n) is 1.30. The van der Waals surface area contributed by atoms with Crippen molar-refractivity contribution in [2.24, 2.45) is 0 Å². The third kappa shape index (κ3) is 3.42. The molecule has 0 aliphatic heterocycles. The SMILES string of the molecule is CCOC(=O)/C(=C/c1ccc(O)cc1)CC. The maximum atomic E-state index is 11.5. The van der Waals surface area contributed by atoms with Crippen LogP contribution >= 0.6 is 0 Å². The summed E-state index contributed by atoms with van der Waals surface area (Å²) in [5, 5.41) is 9.13. The van der Waals surface area contributed by atoms with Crippen molar-refractivity contribution in [1.29, 1.82) is 0 Å². The molecular formula is C13H16O3. The first-order valence-corrected chi connectivity index (χ1v) is 5.34. The molecule has 3 nitrogen and oxygen atoms in total. The van der Waals surface area contributed by atoms with E-state index in [-0.39, 0.29) is 11.7 Å². The van der Waals surface area contributed by atoms with Gasteiger partial charge in [-0.05, 0) is 37.1 Å². The number of hydrogen-bond donors (Lipinski definition) is 1. The quantitative estimate of drug-likeness (QED) is 0.627. The Kier molecular flexibility index (Phi) is 4.58. The summed E-state index contributed by atoms with van der Waals surface area (Å²) in [6.07, 6.45) is 2.40. The van der Waals surface area contributed by atoms with Crippen LogP contribution in [0.5, 0.6) is 5.75 Å². The van der Waals surface area contributed by atoms with Crippen molar-refractivity contribution in [3.8, 4) is 5.75 Å². The first-order chi connectivity index (χ1) is 7.67. The molecule has 0 fully saturated rings. The molecule has 0 aromatic heterocycles. The molecule has 0 saturated heterocycles. The molecule has 0 radical (unpaired) electrons. The van der Waals surface area contributed by atoms with Gasteiger partial charge < -0.3 is 9.84 Å². The van der Waals surface area contributed by atoms with Gasteiger partial charge in [-0.3, -0.25) is 0 Å². The molecule has 16 heavy (non-hydrogen) atoms. The monoisotopic (exact) mass is 220 g/mol. The van der Waals surface area contributed by atoms with Gasteiger partial charge in [0.2, 0.25) is 0 Å². The lowest BCUT2D eigenvalue weighted by molar-refractivity contribution is -0.138. The highest BCUT2D eigenvalue weighted by atomic mass is 16.5. The minimum atomic E-state index is -0.280. The lowest BCUT2D eigenvalue weighted by Gasteiger charge is -2.04. The first-order valence-electron chi connectivity index (χ1n) is 5.34. The van der Waals surface area contributed by atoms with Crippen molar-refractivity contribution in [3.63, 3.8) is 0 Å². The van der Waals surface area contributed by atoms with Crippen LogP contribution in [0.3, 0.4) is 0 Å². The summed E-state index contributed by atoms with van der Waals surface area (Å²) in [6, 6.07) is 6.68. The van der Waals surface area contributed by atoms with Crippen molar-refractivity contribution in [3.05, 3.63) is 35.4 Å². The standard InChI is InChI=1S/C13H16O3/c1-3-11(13(15)16-4-2)9-10-5-7-12(14)8-6-10/h5-9,14H,3-4H2,1-2H3/b11-9+. The number of hydrogen-bond acceptors (Lipinski definition) is 3. The van der Waals surface area contributed by atoms with Crippen LogP contribution in [0.1, 0.15) is 25.8 Å². The molecule has 0 spiro atoms. The van der Waals surface area contributed by atoms with Gasteiger partial charge in [-0.15, -0.1) is 0 Å². The van der Waals surface area contributed by atoms with E-state index in [0.717, 1.165) is 5.56 Å². The second-order valence-electron chi connectivity index (χ2n) is 3.34. The van der Waals surface area contributed by atoms with E-state index < -0.39 is 0 Å². The lowest BCUT2D eigenvalue weighted by atomic mass is 10.1. The van der Waals surface area contributed by atoms with Gasteiger partial charge in [0.15, 0.2) is 0 Å². The summed E-state index contributed by atoms with van der Waals surface area (Å²) in [4.78, 5) is 11.5. The number of phenolic OH excluding ortho intramolecular Hbond substituents is 1. The Hall–Kier alpha value is -1.77. The largest absolute Gasteiger partial charge is 0.508 e. The van der Waals surface area contributed by atoms with E-state index in [1.54, 1.807) is 37.3 Å². The van der Waals surface area contributed by atoms with Crippen LogP contribution in [-0.2, 0) is 9.53 Å². The summed E-state index contributed by atoms with van der Waals surface area (Å²) in [5.41, 5.74) is 1.51. The van der Waals surface area contributed by atoms with Crippen molar-refractivity contribution in [2.45, 2.75) is 20.3 Å². The van der Waals surface area contributed by atoms with E-state index in [2.05, 4.69) is 0 Å². The molecule has 0 aliphatic rings. The number of phenols is 1. The molecule has 1 N–H and O–H groups in total. The minimum Gasteiger partial charge on any atom is -0.508 e. The predicted molar refractivity (Wildman–Crippen MR) is 63.0 cm³/mol. The van der Waals surface area contributed by atoms with E-state index in [1.807, 2.05) is 6.92 Å². The highest BCUT2D eigenvalue weighted by molar-refractivity contribution is 5.93. The Morgan fingerprint density at radius 2 is 1.94 bits per heavy atom.